The Morgan fingerprint density at radius 3 is 2.48 bits per heavy atom. The fraction of sp³-hybridized carbons (Fsp3) is 0.154. The zero-order valence-electron chi connectivity index (χ0n) is 18.2. The van der Waals surface area contributed by atoms with Crippen LogP contribution in [0.5, 0.6) is 11.5 Å². The maximum Gasteiger partial charge on any atom is 0.270 e. The Kier molecular flexibility index (Phi) is 7.38. The molecule has 1 aliphatic heterocycles. The number of carbonyl (C=O) groups excluding carboxylic acids is 1. The summed E-state index contributed by atoms with van der Waals surface area (Å²) in [5.74, 6) is 1.26. The third-order valence-electron chi connectivity index (χ3n) is 5.15. The molecule has 0 unspecified atom stereocenters. The van der Waals surface area contributed by atoms with E-state index in [4.69, 9.17) is 33.3 Å². The van der Waals surface area contributed by atoms with Gasteiger partial charge in [0, 0.05) is 10.6 Å². The third-order valence-corrected chi connectivity index (χ3v) is 6.69. The maximum atomic E-state index is 13.0. The van der Waals surface area contributed by atoms with Gasteiger partial charge >= 0.3 is 0 Å². The highest BCUT2D eigenvalue weighted by atomic mass is 35.5. The summed E-state index contributed by atoms with van der Waals surface area (Å²) in [7, 11) is 0. The van der Waals surface area contributed by atoms with Gasteiger partial charge in [-0.2, -0.15) is 0 Å². The first kappa shape index (κ1) is 23.4. The number of rotatable bonds is 7. The van der Waals surface area contributed by atoms with Crippen molar-refractivity contribution in [2.45, 2.75) is 13.8 Å². The van der Waals surface area contributed by atoms with Crippen molar-refractivity contribution in [3.63, 3.8) is 0 Å². The molecule has 7 heteroatoms. The van der Waals surface area contributed by atoms with Gasteiger partial charge in [-0.05, 0) is 73.5 Å². The molecule has 4 rings (SSSR count). The Labute approximate surface area is 208 Å². The molecule has 0 bridgehead atoms. The zero-order valence-corrected chi connectivity index (χ0v) is 20.6. The molecule has 1 amide bonds. The predicted molar refractivity (Wildman–Crippen MR) is 140 cm³/mol. The standard InChI is InChI=1S/C26H22ClNO3S2/c1-17-8-10-22(14-18(17)2)30-12-13-31-23-11-9-20(27)15-19(23)16-24-25(29)28(26(32)33-24)21-6-4-3-5-7-21/h3-11,14-16H,12-13H2,1-2H3/b24-16-. The number of benzene rings is 3. The molecule has 168 valence electrons. The quantitative estimate of drug-likeness (QED) is 0.204. The smallest absolute Gasteiger partial charge is 0.270 e. The highest BCUT2D eigenvalue weighted by Crippen LogP contribution is 2.37. The van der Waals surface area contributed by atoms with Crippen molar-refractivity contribution in [1.82, 2.24) is 0 Å². The molecule has 0 aromatic heterocycles. The fourth-order valence-corrected chi connectivity index (χ4v) is 4.76. The molecular weight excluding hydrogens is 474 g/mol. The Morgan fingerprint density at radius 1 is 0.970 bits per heavy atom. The molecule has 1 saturated heterocycles. The average Bonchev–Trinajstić information content (AvgIpc) is 3.08. The molecule has 4 nitrogen and oxygen atoms in total. The van der Waals surface area contributed by atoms with Crippen LogP contribution in [0, 0.1) is 13.8 Å². The summed E-state index contributed by atoms with van der Waals surface area (Å²) < 4.78 is 12.3. The lowest BCUT2D eigenvalue weighted by atomic mass is 10.1. The second kappa shape index (κ2) is 10.4. The first-order valence-electron chi connectivity index (χ1n) is 10.4. The minimum absolute atomic E-state index is 0.166. The predicted octanol–water partition coefficient (Wildman–Crippen LogP) is 6.82. The molecule has 0 spiro atoms. The van der Waals surface area contributed by atoms with Crippen LogP contribution < -0.4 is 14.4 Å². The van der Waals surface area contributed by atoms with Gasteiger partial charge in [-0.15, -0.1) is 0 Å². The van der Waals surface area contributed by atoms with Crippen molar-refractivity contribution in [2.24, 2.45) is 0 Å². The van der Waals surface area contributed by atoms with E-state index >= 15 is 0 Å². The first-order valence-corrected chi connectivity index (χ1v) is 12.0. The number of nitrogens with zero attached hydrogens (tertiary/aromatic N) is 1. The monoisotopic (exact) mass is 495 g/mol. The van der Waals surface area contributed by atoms with Crippen molar-refractivity contribution in [2.75, 3.05) is 18.1 Å². The molecule has 33 heavy (non-hydrogen) atoms. The molecule has 0 N–H and O–H groups in total. The highest BCUT2D eigenvalue weighted by molar-refractivity contribution is 8.27. The van der Waals surface area contributed by atoms with Gasteiger partial charge in [-0.3, -0.25) is 9.69 Å². The first-order chi connectivity index (χ1) is 15.9. The normalized spacial score (nSPS) is 14.8. The van der Waals surface area contributed by atoms with Gasteiger partial charge < -0.3 is 9.47 Å². The maximum absolute atomic E-state index is 13.0. The summed E-state index contributed by atoms with van der Waals surface area (Å²) in [6.07, 6.45) is 1.77. The van der Waals surface area contributed by atoms with Crippen LogP contribution in [0.25, 0.3) is 6.08 Å². The van der Waals surface area contributed by atoms with Gasteiger partial charge in [0.05, 0.1) is 10.6 Å². The lowest BCUT2D eigenvalue weighted by Crippen LogP contribution is -2.27. The molecule has 0 atom stereocenters. The van der Waals surface area contributed by atoms with Gasteiger partial charge in [-0.1, -0.05) is 59.8 Å². The molecular formula is C26H22ClNO3S2. The summed E-state index contributed by atoms with van der Waals surface area (Å²) in [4.78, 5) is 15.1. The number of hydrogen-bond acceptors (Lipinski definition) is 5. The molecule has 1 heterocycles. The van der Waals surface area contributed by atoms with Crippen LogP contribution in [0.3, 0.4) is 0 Å². The molecule has 0 saturated carbocycles. The van der Waals surface area contributed by atoms with Gasteiger partial charge in [-0.25, -0.2) is 0 Å². The van der Waals surface area contributed by atoms with E-state index in [9.17, 15) is 4.79 Å². The van der Waals surface area contributed by atoms with E-state index in [1.165, 1.54) is 27.8 Å². The molecule has 3 aromatic carbocycles. The fourth-order valence-electron chi connectivity index (χ4n) is 3.29. The lowest BCUT2D eigenvalue weighted by Gasteiger charge is -2.14. The van der Waals surface area contributed by atoms with E-state index in [1.807, 2.05) is 48.5 Å². The molecule has 0 aliphatic carbocycles. The minimum Gasteiger partial charge on any atom is -0.490 e. The largest absolute Gasteiger partial charge is 0.490 e. The zero-order chi connectivity index (χ0) is 23.4. The van der Waals surface area contributed by atoms with E-state index in [-0.39, 0.29) is 5.91 Å². The van der Waals surface area contributed by atoms with Crippen LogP contribution in [0.15, 0.2) is 71.6 Å². The molecule has 1 aliphatic rings. The summed E-state index contributed by atoms with van der Waals surface area (Å²) in [6, 6.07) is 20.7. The van der Waals surface area contributed by atoms with Crippen molar-refractivity contribution in [1.29, 1.82) is 0 Å². The Bertz CT molecular complexity index is 1230. The number of carbonyl (C=O) groups is 1. The number of ether oxygens (including phenoxy) is 2. The van der Waals surface area contributed by atoms with E-state index in [0.29, 0.717) is 38.8 Å². The summed E-state index contributed by atoms with van der Waals surface area (Å²) in [5.41, 5.74) is 3.86. The van der Waals surface area contributed by atoms with E-state index in [0.717, 1.165) is 11.4 Å². The van der Waals surface area contributed by atoms with Gasteiger partial charge in [0.2, 0.25) is 0 Å². The van der Waals surface area contributed by atoms with E-state index < -0.39 is 0 Å². The SMILES string of the molecule is Cc1ccc(OCCOc2ccc(Cl)cc2/C=C2\SC(=S)N(c3ccccc3)C2=O)cc1C. The Morgan fingerprint density at radius 2 is 1.73 bits per heavy atom. The summed E-state index contributed by atoms with van der Waals surface area (Å²) in [5, 5.41) is 0.554. The average molecular weight is 496 g/mol. The number of amides is 1. The molecule has 3 aromatic rings. The van der Waals surface area contributed by atoms with Crippen LogP contribution in [0.4, 0.5) is 5.69 Å². The number of thioether (sulfide) groups is 1. The summed E-state index contributed by atoms with van der Waals surface area (Å²) >= 11 is 12.9. The van der Waals surface area contributed by atoms with E-state index in [2.05, 4.69) is 13.8 Å². The lowest BCUT2D eigenvalue weighted by molar-refractivity contribution is -0.113. The molecule has 1 fully saturated rings. The number of aryl methyl sites for hydroxylation is 2. The van der Waals surface area contributed by atoms with E-state index in [1.54, 1.807) is 24.3 Å². The van der Waals surface area contributed by atoms with Crippen molar-refractivity contribution in [3.05, 3.63) is 93.3 Å². The second-order valence-electron chi connectivity index (χ2n) is 7.48. The van der Waals surface area contributed by atoms with Crippen molar-refractivity contribution >= 4 is 57.6 Å². The van der Waals surface area contributed by atoms with Crippen LogP contribution in [0.2, 0.25) is 5.02 Å². The number of thiocarbonyl (C=S) groups is 1. The van der Waals surface area contributed by atoms with Gasteiger partial charge in [0.1, 0.15) is 24.7 Å². The minimum atomic E-state index is -0.166. The van der Waals surface area contributed by atoms with Crippen molar-refractivity contribution < 1.29 is 14.3 Å². The Hall–Kier alpha value is -2.80. The van der Waals surface area contributed by atoms with Crippen LogP contribution >= 0.6 is 35.6 Å². The topological polar surface area (TPSA) is 38.8 Å². The Balaban J connectivity index is 1.46. The second-order valence-corrected chi connectivity index (χ2v) is 9.59. The molecule has 0 radical (unpaired) electrons. The van der Waals surface area contributed by atoms with Crippen LogP contribution in [0.1, 0.15) is 16.7 Å². The van der Waals surface area contributed by atoms with Gasteiger partial charge in [0.15, 0.2) is 4.32 Å². The van der Waals surface area contributed by atoms with Crippen LogP contribution in [-0.2, 0) is 4.79 Å². The number of para-hydroxylation sites is 1. The number of halogens is 1. The third kappa shape index (κ3) is 5.58. The highest BCUT2D eigenvalue weighted by Gasteiger charge is 2.33. The number of anilines is 1. The number of hydrogen-bond donors (Lipinski definition) is 0. The van der Waals surface area contributed by atoms with Crippen LogP contribution in [-0.4, -0.2) is 23.4 Å². The van der Waals surface area contributed by atoms with Crippen molar-refractivity contribution in [3.8, 4) is 11.5 Å². The van der Waals surface area contributed by atoms with Gasteiger partial charge in [0.25, 0.3) is 5.91 Å². The summed E-state index contributed by atoms with van der Waals surface area (Å²) in [6.45, 7) is 4.86.